The summed E-state index contributed by atoms with van der Waals surface area (Å²) in [4.78, 5) is 14.9. The number of aromatic nitrogens is 1. The van der Waals surface area contributed by atoms with Crippen molar-refractivity contribution in [2.24, 2.45) is 0 Å². The summed E-state index contributed by atoms with van der Waals surface area (Å²) in [5.41, 5.74) is 0.991. The van der Waals surface area contributed by atoms with E-state index in [2.05, 4.69) is 10.3 Å². The topological polar surface area (TPSA) is 74.2 Å². The van der Waals surface area contributed by atoms with Crippen LogP contribution in [0.15, 0.2) is 42.6 Å². The van der Waals surface area contributed by atoms with E-state index in [4.69, 9.17) is 0 Å². The van der Waals surface area contributed by atoms with E-state index in [0.717, 1.165) is 0 Å². The smallest absolute Gasteiger partial charge is 0.386 e. The Morgan fingerprint density at radius 3 is 2.13 bits per heavy atom. The summed E-state index contributed by atoms with van der Waals surface area (Å²) in [7, 11) is 1.17. The number of nitrogens with one attached hydrogen (secondary N) is 2. The summed E-state index contributed by atoms with van der Waals surface area (Å²) in [6.07, 6.45) is -8.17. The van der Waals surface area contributed by atoms with Crippen LogP contribution in [0.5, 0.6) is 0 Å². The third kappa shape index (κ3) is 5.70. The van der Waals surface area contributed by atoms with Crippen LogP contribution in [0.1, 0.15) is 23.4 Å². The van der Waals surface area contributed by atoms with Crippen molar-refractivity contribution in [2.75, 3.05) is 13.7 Å². The number of carbonyl (C=O) groups excluding carboxylic acids is 1. The van der Waals surface area contributed by atoms with Crippen LogP contribution in [0.25, 0.3) is 11.1 Å². The molecule has 2 rings (SSSR count). The van der Waals surface area contributed by atoms with Gasteiger partial charge in [0.1, 0.15) is 18.8 Å². The highest BCUT2D eigenvalue weighted by atomic mass is 19.4. The number of alkyl halides is 6. The predicted octanol–water partition coefficient (Wildman–Crippen LogP) is 3.32. The average molecular weight is 435 g/mol. The van der Waals surface area contributed by atoms with E-state index in [1.807, 2.05) is 0 Å². The minimum Gasteiger partial charge on any atom is -0.386 e. The van der Waals surface area contributed by atoms with Crippen molar-refractivity contribution in [3.05, 3.63) is 53.9 Å². The number of hydrogen-bond acceptors (Lipinski definition) is 4. The first-order chi connectivity index (χ1) is 14.1. The number of aliphatic hydroxyl groups is 1. The fourth-order valence-corrected chi connectivity index (χ4v) is 2.78. The molecule has 0 saturated heterocycles. The molecule has 164 valence electrons. The summed E-state index contributed by atoms with van der Waals surface area (Å²) >= 11 is 0. The molecule has 5 nitrogen and oxygen atoms in total. The zero-order valence-electron chi connectivity index (χ0n) is 15.6. The molecule has 2 aromatic rings. The number of aliphatic hydroxyl groups excluding tert-OH is 1. The molecule has 0 aliphatic rings. The SMILES string of the molecule is CNC(c1ccc(-c2ccc(C(O)[C@@H](CF)NC(=O)C(F)F)cc2)cn1)C(F)(F)F. The molecular weight excluding hydrogens is 416 g/mol. The molecule has 0 spiro atoms. The number of rotatable bonds is 8. The van der Waals surface area contributed by atoms with E-state index in [0.29, 0.717) is 11.1 Å². The predicted molar refractivity (Wildman–Crippen MR) is 96.4 cm³/mol. The molecule has 0 bridgehead atoms. The lowest BCUT2D eigenvalue weighted by atomic mass is 9.99. The summed E-state index contributed by atoms with van der Waals surface area (Å²) < 4.78 is 76.5. The van der Waals surface area contributed by atoms with E-state index in [1.54, 1.807) is 5.32 Å². The van der Waals surface area contributed by atoms with Gasteiger partial charge >= 0.3 is 12.6 Å². The minimum absolute atomic E-state index is 0.160. The van der Waals surface area contributed by atoms with Crippen molar-refractivity contribution in [3.63, 3.8) is 0 Å². The second-order valence-electron chi connectivity index (χ2n) is 6.37. The summed E-state index contributed by atoms with van der Waals surface area (Å²) in [6, 6.07) is 4.97. The molecule has 2 unspecified atom stereocenters. The number of nitrogens with zero attached hydrogens (tertiary/aromatic N) is 1. The fraction of sp³-hybridized carbons (Fsp3) is 0.368. The van der Waals surface area contributed by atoms with Crippen molar-refractivity contribution < 1.29 is 36.2 Å². The van der Waals surface area contributed by atoms with Gasteiger partial charge in [-0.05, 0) is 24.2 Å². The largest absolute Gasteiger partial charge is 0.409 e. The van der Waals surface area contributed by atoms with Crippen molar-refractivity contribution in [2.45, 2.75) is 30.8 Å². The Hall–Kier alpha value is -2.66. The monoisotopic (exact) mass is 435 g/mol. The maximum atomic E-state index is 13.1. The highest BCUT2D eigenvalue weighted by Crippen LogP contribution is 2.32. The second-order valence-corrected chi connectivity index (χ2v) is 6.37. The van der Waals surface area contributed by atoms with E-state index in [-0.39, 0.29) is 11.3 Å². The van der Waals surface area contributed by atoms with Crippen LogP contribution in [0, 0.1) is 0 Å². The third-order valence-corrected chi connectivity index (χ3v) is 4.36. The Kier molecular flexibility index (Phi) is 7.79. The molecule has 0 aliphatic heterocycles. The van der Waals surface area contributed by atoms with Crippen LogP contribution in [0.2, 0.25) is 0 Å². The number of amides is 1. The van der Waals surface area contributed by atoms with E-state index < -0.39 is 43.4 Å². The van der Waals surface area contributed by atoms with Gasteiger partial charge in [0.15, 0.2) is 0 Å². The molecule has 1 aromatic heterocycles. The summed E-state index contributed by atoms with van der Waals surface area (Å²) in [5, 5.41) is 14.0. The van der Waals surface area contributed by atoms with Crippen LogP contribution in [-0.4, -0.2) is 48.4 Å². The molecule has 0 radical (unpaired) electrons. The molecule has 11 heteroatoms. The summed E-state index contributed by atoms with van der Waals surface area (Å²) in [6.45, 7) is -1.27. The molecular formula is C19H19F6N3O2. The number of carbonyl (C=O) groups is 1. The molecule has 0 fully saturated rings. The lowest BCUT2D eigenvalue weighted by Crippen LogP contribution is -2.43. The van der Waals surface area contributed by atoms with Gasteiger partial charge in [0.2, 0.25) is 0 Å². The van der Waals surface area contributed by atoms with Crippen LogP contribution in [-0.2, 0) is 4.79 Å². The van der Waals surface area contributed by atoms with Gasteiger partial charge < -0.3 is 15.7 Å². The third-order valence-electron chi connectivity index (χ3n) is 4.36. The van der Waals surface area contributed by atoms with E-state index in [1.165, 1.54) is 49.6 Å². The van der Waals surface area contributed by atoms with Gasteiger partial charge in [-0.3, -0.25) is 9.78 Å². The van der Waals surface area contributed by atoms with Crippen molar-refractivity contribution >= 4 is 5.91 Å². The highest BCUT2D eigenvalue weighted by molar-refractivity contribution is 5.79. The van der Waals surface area contributed by atoms with Gasteiger partial charge in [-0.15, -0.1) is 0 Å². The zero-order valence-corrected chi connectivity index (χ0v) is 15.6. The van der Waals surface area contributed by atoms with Crippen molar-refractivity contribution in [1.29, 1.82) is 0 Å². The maximum Gasteiger partial charge on any atom is 0.409 e. The quantitative estimate of drug-likeness (QED) is 0.557. The van der Waals surface area contributed by atoms with Gasteiger partial charge in [0.05, 0.1) is 11.7 Å². The second kappa shape index (κ2) is 9.90. The Balaban J connectivity index is 2.16. The minimum atomic E-state index is -4.51. The van der Waals surface area contributed by atoms with Crippen LogP contribution in [0.3, 0.4) is 0 Å². The molecule has 3 atom stereocenters. The first-order valence-corrected chi connectivity index (χ1v) is 8.71. The molecule has 0 aliphatic carbocycles. The fourth-order valence-electron chi connectivity index (χ4n) is 2.78. The Morgan fingerprint density at radius 1 is 1.10 bits per heavy atom. The van der Waals surface area contributed by atoms with Gasteiger partial charge in [-0.25, -0.2) is 4.39 Å². The van der Waals surface area contributed by atoms with Crippen molar-refractivity contribution in [1.82, 2.24) is 15.6 Å². The number of benzene rings is 1. The van der Waals surface area contributed by atoms with Crippen LogP contribution >= 0.6 is 0 Å². The lowest BCUT2D eigenvalue weighted by Gasteiger charge is -2.22. The first kappa shape index (κ1) is 23.6. The Labute approximate surface area is 168 Å². The van der Waals surface area contributed by atoms with Crippen molar-refractivity contribution in [3.8, 4) is 11.1 Å². The Morgan fingerprint density at radius 2 is 1.70 bits per heavy atom. The standard InChI is InChI=1S/C19H19F6N3O2/c1-26-16(19(23,24)25)13-7-6-12(9-27-13)10-2-4-11(5-3-10)15(29)14(8-20)28-18(30)17(21)22/h2-7,9,14-17,26,29H,8H2,1H3,(H,28,30)/t14-,15?,16?/m1/s1. The van der Waals surface area contributed by atoms with Gasteiger partial charge in [-0.2, -0.15) is 22.0 Å². The van der Waals surface area contributed by atoms with Crippen LogP contribution < -0.4 is 10.6 Å². The summed E-state index contributed by atoms with van der Waals surface area (Å²) in [5.74, 6) is -1.70. The zero-order chi connectivity index (χ0) is 22.5. The number of pyridine rings is 1. The van der Waals surface area contributed by atoms with Gasteiger partial charge in [-0.1, -0.05) is 30.3 Å². The molecule has 3 N–H and O–H groups in total. The molecule has 0 saturated carbocycles. The molecule has 1 amide bonds. The lowest BCUT2D eigenvalue weighted by molar-refractivity contribution is -0.157. The normalized spacial score (nSPS) is 15.0. The van der Waals surface area contributed by atoms with Crippen LogP contribution in [0.4, 0.5) is 26.3 Å². The Bertz CT molecular complexity index is 828. The van der Waals surface area contributed by atoms with Gasteiger partial charge in [0, 0.05) is 11.8 Å². The average Bonchev–Trinajstić information content (AvgIpc) is 2.71. The molecule has 1 aromatic carbocycles. The van der Waals surface area contributed by atoms with E-state index in [9.17, 15) is 36.2 Å². The molecule has 1 heterocycles. The number of hydrogen-bond donors (Lipinski definition) is 3. The first-order valence-electron chi connectivity index (χ1n) is 8.71. The number of halogens is 6. The maximum absolute atomic E-state index is 13.1. The molecule has 30 heavy (non-hydrogen) atoms. The van der Waals surface area contributed by atoms with Gasteiger partial charge in [0.25, 0.3) is 5.91 Å². The van der Waals surface area contributed by atoms with E-state index >= 15 is 0 Å². The highest BCUT2D eigenvalue weighted by Gasteiger charge is 2.40.